The molecule has 1 saturated heterocycles. The molecule has 0 spiro atoms. The van der Waals surface area contributed by atoms with Crippen LogP contribution >= 0.6 is 11.3 Å². The van der Waals surface area contributed by atoms with Crippen molar-refractivity contribution >= 4 is 23.2 Å². The third-order valence-electron chi connectivity index (χ3n) is 4.59. The van der Waals surface area contributed by atoms with Crippen molar-refractivity contribution in [2.75, 3.05) is 33.4 Å². The molecule has 24 heavy (non-hydrogen) atoms. The zero-order chi connectivity index (χ0) is 16.9. The van der Waals surface area contributed by atoms with E-state index in [1.165, 1.54) is 0 Å². The lowest BCUT2D eigenvalue weighted by atomic mass is 9.98. The van der Waals surface area contributed by atoms with Gasteiger partial charge in [0, 0.05) is 50.4 Å². The maximum absolute atomic E-state index is 12.0. The van der Waals surface area contributed by atoms with Crippen LogP contribution in [-0.4, -0.2) is 55.0 Å². The van der Waals surface area contributed by atoms with E-state index < -0.39 is 0 Å². The van der Waals surface area contributed by atoms with E-state index in [0.29, 0.717) is 12.5 Å². The molecule has 3 rings (SSSR count). The van der Waals surface area contributed by atoms with Gasteiger partial charge in [-0.2, -0.15) is 0 Å². The van der Waals surface area contributed by atoms with Crippen LogP contribution in [0.2, 0.25) is 0 Å². The Morgan fingerprint density at radius 2 is 2.25 bits per heavy atom. The van der Waals surface area contributed by atoms with Gasteiger partial charge in [0.15, 0.2) is 0 Å². The lowest BCUT2D eigenvalue weighted by Crippen LogP contribution is -2.40. The normalized spacial score (nSPS) is 20.9. The van der Waals surface area contributed by atoms with Crippen molar-refractivity contribution in [1.29, 1.82) is 0 Å². The summed E-state index contributed by atoms with van der Waals surface area (Å²) < 4.78 is 4.95. The fourth-order valence-electron chi connectivity index (χ4n) is 3.05. The van der Waals surface area contributed by atoms with Crippen LogP contribution in [0, 0.1) is 5.92 Å². The van der Waals surface area contributed by atoms with Crippen LogP contribution in [0.15, 0.2) is 5.38 Å². The first kappa shape index (κ1) is 17.4. The molecule has 0 bridgehead atoms. The Hall–Kier alpha value is -1.47. The third kappa shape index (κ3) is 4.54. The summed E-state index contributed by atoms with van der Waals surface area (Å²) in [5, 5.41) is 6.16. The van der Waals surface area contributed by atoms with Gasteiger partial charge in [-0.15, -0.1) is 11.3 Å². The second kappa shape index (κ2) is 8.07. The number of aromatic nitrogens is 1. The van der Waals surface area contributed by atoms with Gasteiger partial charge in [0.05, 0.1) is 10.7 Å². The second-order valence-corrected chi connectivity index (χ2v) is 7.49. The number of carbonyl (C=O) groups is 2. The number of nitrogens with one attached hydrogen (secondary N) is 1. The standard InChI is InChI=1S/C17H25N3O3S/c1-23-10-15(21)20-8-2-3-13(9-20)17-19-14(11-24-17)6-7-18-16(22)12-4-5-12/h11-13H,2-10H2,1H3,(H,18,22)/t13-/m0/s1. The van der Waals surface area contributed by atoms with E-state index in [-0.39, 0.29) is 24.3 Å². The Labute approximate surface area is 146 Å². The molecule has 2 amide bonds. The average Bonchev–Trinajstić information content (AvgIpc) is 3.34. The van der Waals surface area contributed by atoms with E-state index >= 15 is 0 Å². The van der Waals surface area contributed by atoms with Crippen molar-refractivity contribution in [3.63, 3.8) is 0 Å². The lowest BCUT2D eigenvalue weighted by molar-refractivity contribution is -0.136. The maximum Gasteiger partial charge on any atom is 0.248 e. The monoisotopic (exact) mass is 351 g/mol. The van der Waals surface area contributed by atoms with E-state index in [1.54, 1.807) is 18.4 Å². The van der Waals surface area contributed by atoms with Crippen molar-refractivity contribution in [3.8, 4) is 0 Å². The number of thiazole rings is 1. The molecule has 1 atom stereocenters. The highest BCUT2D eigenvalue weighted by atomic mass is 32.1. The van der Waals surface area contributed by atoms with Crippen molar-refractivity contribution in [2.45, 2.75) is 38.0 Å². The molecule has 1 saturated carbocycles. The quantitative estimate of drug-likeness (QED) is 0.809. The number of likely N-dealkylation sites (tertiary alicyclic amines) is 1. The van der Waals surface area contributed by atoms with Crippen LogP contribution < -0.4 is 5.32 Å². The van der Waals surface area contributed by atoms with E-state index in [1.807, 2.05) is 4.90 Å². The maximum atomic E-state index is 12.0. The molecule has 0 aromatic carbocycles. The van der Waals surface area contributed by atoms with E-state index in [4.69, 9.17) is 9.72 Å². The zero-order valence-electron chi connectivity index (χ0n) is 14.1. The summed E-state index contributed by atoms with van der Waals surface area (Å²) in [7, 11) is 1.55. The summed E-state index contributed by atoms with van der Waals surface area (Å²) in [6.07, 6.45) is 4.92. The first-order valence-electron chi connectivity index (χ1n) is 8.66. The van der Waals surface area contributed by atoms with Crippen LogP contribution in [0.3, 0.4) is 0 Å². The molecular formula is C17H25N3O3S. The van der Waals surface area contributed by atoms with E-state index in [0.717, 1.165) is 55.9 Å². The number of rotatable bonds is 7. The average molecular weight is 351 g/mol. The molecule has 7 heteroatoms. The van der Waals surface area contributed by atoms with E-state index in [2.05, 4.69) is 10.7 Å². The smallest absolute Gasteiger partial charge is 0.248 e. The largest absolute Gasteiger partial charge is 0.375 e. The van der Waals surface area contributed by atoms with Gasteiger partial charge < -0.3 is 15.0 Å². The molecule has 1 N–H and O–H groups in total. The van der Waals surface area contributed by atoms with Crippen LogP contribution in [0.25, 0.3) is 0 Å². The Bertz CT molecular complexity index is 585. The lowest BCUT2D eigenvalue weighted by Gasteiger charge is -2.31. The van der Waals surface area contributed by atoms with Gasteiger partial charge in [-0.25, -0.2) is 4.98 Å². The van der Waals surface area contributed by atoms with Gasteiger partial charge in [0.2, 0.25) is 11.8 Å². The van der Waals surface area contributed by atoms with Gasteiger partial charge in [-0.05, 0) is 25.7 Å². The first-order valence-corrected chi connectivity index (χ1v) is 9.54. The van der Waals surface area contributed by atoms with Crippen LogP contribution in [0.5, 0.6) is 0 Å². The van der Waals surface area contributed by atoms with Crippen molar-refractivity contribution < 1.29 is 14.3 Å². The van der Waals surface area contributed by atoms with Gasteiger partial charge in [-0.1, -0.05) is 0 Å². The Kier molecular flexibility index (Phi) is 5.84. The number of methoxy groups -OCH3 is 1. The number of hydrogen-bond acceptors (Lipinski definition) is 5. The summed E-state index contributed by atoms with van der Waals surface area (Å²) in [4.78, 5) is 30.2. The molecule has 2 fully saturated rings. The first-order chi connectivity index (χ1) is 11.7. The zero-order valence-corrected chi connectivity index (χ0v) is 14.9. The van der Waals surface area contributed by atoms with Gasteiger partial charge in [-0.3, -0.25) is 9.59 Å². The number of nitrogens with zero attached hydrogens (tertiary/aromatic N) is 2. The molecule has 1 aromatic rings. The summed E-state index contributed by atoms with van der Waals surface area (Å²) in [6.45, 7) is 2.34. The molecule has 6 nitrogen and oxygen atoms in total. The van der Waals surface area contributed by atoms with Gasteiger partial charge in [0.1, 0.15) is 6.61 Å². The predicted molar refractivity (Wildman–Crippen MR) is 92.0 cm³/mol. The highest BCUT2D eigenvalue weighted by Gasteiger charge is 2.29. The fraction of sp³-hybridized carbons (Fsp3) is 0.706. The minimum atomic E-state index is 0.0572. The van der Waals surface area contributed by atoms with Crippen molar-refractivity contribution in [2.24, 2.45) is 5.92 Å². The topological polar surface area (TPSA) is 71.5 Å². The summed E-state index contributed by atoms with van der Waals surface area (Å²) in [5.41, 5.74) is 1.03. The highest BCUT2D eigenvalue weighted by Crippen LogP contribution is 2.30. The van der Waals surface area contributed by atoms with Gasteiger partial charge >= 0.3 is 0 Å². The second-order valence-electron chi connectivity index (χ2n) is 6.60. The highest BCUT2D eigenvalue weighted by molar-refractivity contribution is 7.09. The molecule has 2 heterocycles. The SMILES string of the molecule is COCC(=O)N1CCC[C@H](c2nc(CCNC(=O)C3CC3)cs2)C1. The van der Waals surface area contributed by atoms with Crippen molar-refractivity contribution in [3.05, 3.63) is 16.1 Å². The number of carbonyl (C=O) groups excluding carboxylic acids is 2. The Balaban J connectivity index is 1.48. The molecule has 0 radical (unpaired) electrons. The van der Waals surface area contributed by atoms with Crippen molar-refractivity contribution in [1.82, 2.24) is 15.2 Å². The molecule has 2 aliphatic rings. The number of ether oxygens (including phenoxy) is 1. The third-order valence-corrected chi connectivity index (χ3v) is 5.65. The molecule has 0 unspecified atom stereocenters. The summed E-state index contributed by atoms with van der Waals surface area (Å²) in [5.74, 6) is 0.819. The van der Waals surface area contributed by atoms with Crippen LogP contribution in [0.4, 0.5) is 0 Å². The fourth-order valence-corrected chi connectivity index (χ4v) is 4.03. The molecule has 1 aliphatic heterocycles. The minimum Gasteiger partial charge on any atom is -0.375 e. The number of piperidine rings is 1. The van der Waals surface area contributed by atoms with Crippen LogP contribution in [-0.2, 0) is 20.7 Å². The predicted octanol–water partition coefficient (Wildman–Crippen LogP) is 1.56. The minimum absolute atomic E-state index is 0.0572. The van der Waals surface area contributed by atoms with Gasteiger partial charge in [0.25, 0.3) is 0 Å². The molecule has 1 aliphatic carbocycles. The molecule has 132 valence electrons. The summed E-state index contributed by atoms with van der Waals surface area (Å²) >= 11 is 1.67. The summed E-state index contributed by atoms with van der Waals surface area (Å²) in [6, 6.07) is 0. The number of hydrogen-bond donors (Lipinski definition) is 1. The Morgan fingerprint density at radius 3 is 3.00 bits per heavy atom. The molecule has 1 aromatic heterocycles. The molecular weight excluding hydrogens is 326 g/mol. The van der Waals surface area contributed by atoms with Crippen LogP contribution in [0.1, 0.15) is 42.3 Å². The van der Waals surface area contributed by atoms with E-state index in [9.17, 15) is 9.59 Å². The Morgan fingerprint density at radius 1 is 1.42 bits per heavy atom. The number of amides is 2.